The molecule has 27 heavy (non-hydrogen) atoms. The fourth-order valence-corrected chi connectivity index (χ4v) is 2.59. The number of nitrogens with zero attached hydrogens (tertiary/aromatic N) is 5. The van der Waals surface area contributed by atoms with E-state index < -0.39 is 0 Å². The van der Waals surface area contributed by atoms with Crippen molar-refractivity contribution in [3.8, 4) is 34.4 Å². The van der Waals surface area contributed by atoms with E-state index in [0.717, 1.165) is 10.0 Å². The van der Waals surface area contributed by atoms with Crippen LogP contribution in [0.15, 0.2) is 77.5 Å². The number of benzene rings is 1. The van der Waals surface area contributed by atoms with Crippen LogP contribution in [0.4, 0.5) is 0 Å². The van der Waals surface area contributed by atoms with Crippen molar-refractivity contribution in [3.63, 3.8) is 0 Å². The lowest BCUT2D eigenvalue weighted by atomic mass is 10.2. The molecule has 0 unspecified atom stereocenters. The second-order valence-electron chi connectivity index (χ2n) is 5.24. The van der Waals surface area contributed by atoms with E-state index in [1.165, 1.54) is 0 Å². The van der Waals surface area contributed by atoms with Crippen LogP contribution in [0.2, 0.25) is 0 Å². The molecule has 0 saturated heterocycles. The summed E-state index contributed by atoms with van der Waals surface area (Å²) in [7, 11) is 0. The van der Waals surface area contributed by atoms with E-state index in [4.69, 9.17) is 0 Å². The summed E-state index contributed by atoms with van der Waals surface area (Å²) >= 11 is 3.45. The molecular weight excluding hydrogens is 410 g/mol. The van der Waals surface area contributed by atoms with Gasteiger partial charge in [-0.3, -0.25) is 9.97 Å². The first-order chi connectivity index (χ1) is 12.3. The molecule has 0 aliphatic rings. The van der Waals surface area contributed by atoms with Crippen LogP contribution in [0, 0.1) is 0 Å². The fraction of sp³-hybridized carbons (Fsp3) is 0. The van der Waals surface area contributed by atoms with Gasteiger partial charge in [0.2, 0.25) is 0 Å². The fourth-order valence-electron chi connectivity index (χ4n) is 2.32. The lowest BCUT2D eigenvalue weighted by molar-refractivity contribution is 0.823. The number of rotatable bonds is 3. The molecule has 0 amide bonds. The average Bonchev–Trinajstić information content (AvgIpc) is 2.69. The van der Waals surface area contributed by atoms with Gasteiger partial charge in [0, 0.05) is 22.4 Å². The van der Waals surface area contributed by atoms with Crippen LogP contribution in [0.1, 0.15) is 0 Å². The van der Waals surface area contributed by atoms with Crippen molar-refractivity contribution >= 4 is 15.9 Å². The lowest BCUT2D eigenvalue weighted by Gasteiger charge is -2.07. The van der Waals surface area contributed by atoms with Crippen molar-refractivity contribution in [1.29, 1.82) is 0 Å². The Balaban J connectivity index is 0.00000131. The molecule has 0 saturated carbocycles. The highest BCUT2D eigenvalue weighted by molar-refractivity contribution is 9.10. The maximum absolute atomic E-state index is 4.60. The zero-order valence-corrected chi connectivity index (χ0v) is 15.6. The van der Waals surface area contributed by atoms with Crippen molar-refractivity contribution in [2.24, 2.45) is 0 Å². The first kappa shape index (κ1) is 20.2. The molecule has 0 aliphatic carbocycles. The molecule has 3 aromatic heterocycles. The van der Waals surface area contributed by atoms with Gasteiger partial charge in [-0.05, 0) is 36.4 Å². The van der Waals surface area contributed by atoms with E-state index in [2.05, 4.69) is 40.8 Å². The van der Waals surface area contributed by atoms with E-state index in [1.54, 1.807) is 12.4 Å². The summed E-state index contributed by atoms with van der Waals surface area (Å²) in [6, 6.07) is 19.1. The summed E-state index contributed by atoms with van der Waals surface area (Å²) in [6.45, 7) is 0. The highest BCUT2D eigenvalue weighted by Crippen LogP contribution is 2.23. The van der Waals surface area contributed by atoms with Crippen molar-refractivity contribution in [3.05, 3.63) is 77.5 Å². The summed E-state index contributed by atoms with van der Waals surface area (Å²) in [5, 5.41) is 0. The van der Waals surface area contributed by atoms with E-state index in [9.17, 15) is 0 Å². The number of aromatic nitrogens is 5. The molecule has 4 aromatic rings. The summed E-state index contributed by atoms with van der Waals surface area (Å²) in [5.41, 5.74) is 2.29. The SMILES string of the molecule is Brc1ccc(-c2nc(-c3ccccn3)nc(-c3ccccn3)n2)cc1.O.O. The standard InChI is InChI=1S/C19H12BrN5.2H2O/c20-14-9-7-13(8-10-14)17-23-18(15-5-1-3-11-21-15)25-19(24-17)16-6-2-4-12-22-16;;/h1-12H;2*1H2. The third-order valence-electron chi connectivity index (χ3n) is 3.53. The average molecular weight is 426 g/mol. The Morgan fingerprint density at radius 2 is 1.04 bits per heavy atom. The summed E-state index contributed by atoms with van der Waals surface area (Å²) in [6.07, 6.45) is 3.44. The van der Waals surface area contributed by atoms with Crippen molar-refractivity contribution in [2.75, 3.05) is 0 Å². The third-order valence-corrected chi connectivity index (χ3v) is 4.05. The number of halogens is 1. The van der Waals surface area contributed by atoms with Crippen LogP contribution in [-0.2, 0) is 0 Å². The van der Waals surface area contributed by atoms with Gasteiger partial charge >= 0.3 is 0 Å². The first-order valence-corrected chi connectivity index (χ1v) is 8.44. The molecule has 0 radical (unpaired) electrons. The quantitative estimate of drug-likeness (QED) is 0.498. The van der Waals surface area contributed by atoms with Gasteiger partial charge in [0.1, 0.15) is 11.4 Å². The summed E-state index contributed by atoms with van der Waals surface area (Å²) in [5.74, 6) is 1.63. The molecule has 4 N–H and O–H groups in total. The first-order valence-electron chi connectivity index (χ1n) is 7.64. The van der Waals surface area contributed by atoms with Crippen LogP contribution in [0.5, 0.6) is 0 Å². The van der Waals surface area contributed by atoms with Gasteiger partial charge in [-0.25, -0.2) is 15.0 Å². The van der Waals surface area contributed by atoms with Crippen molar-refractivity contribution in [2.45, 2.75) is 0 Å². The number of hydrogen-bond acceptors (Lipinski definition) is 5. The third kappa shape index (κ3) is 4.56. The molecule has 0 bridgehead atoms. The summed E-state index contributed by atoms with van der Waals surface area (Å²) in [4.78, 5) is 22.5. The maximum atomic E-state index is 4.60. The Kier molecular flexibility index (Phi) is 6.78. The van der Waals surface area contributed by atoms with Crippen LogP contribution in [0.25, 0.3) is 34.4 Å². The predicted octanol–water partition coefficient (Wildman–Crippen LogP) is 2.78. The molecule has 0 atom stereocenters. The molecule has 1 aromatic carbocycles. The highest BCUT2D eigenvalue weighted by atomic mass is 79.9. The Morgan fingerprint density at radius 3 is 1.48 bits per heavy atom. The zero-order valence-electron chi connectivity index (χ0n) is 14.0. The van der Waals surface area contributed by atoms with Crippen LogP contribution in [-0.4, -0.2) is 35.9 Å². The molecule has 8 heteroatoms. The largest absolute Gasteiger partial charge is 0.412 e. The molecular formula is C19H16BrN5O2. The van der Waals surface area contributed by atoms with Gasteiger partial charge in [-0.2, -0.15) is 0 Å². The van der Waals surface area contributed by atoms with Gasteiger partial charge < -0.3 is 11.0 Å². The van der Waals surface area contributed by atoms with E-state index in [1.807, 2.05) is 60.7 Å². The molecule has 7 nitrogen and oxygen atoms in total. The minimum Gasteiger partial charge on any atom is -0.412 e. The second kappa shape index (κ2) is 9.04. The zero-order chi connectivity index (χ0) is 17.1. The monoisotopic (exact) mass is 425 g/mol. The molecule has 4 rings (SSSR count). The minimum absolute atomic E-state index is 0. The van der Waals surface area contributed by atoms with Gasteiger partial charge in [-0.15, -0.1) is 0 Å². The van der Waals surface area contributed by atoms with E-state index in [-0.39, 0.29) is 11.0 Å². The summed E-state index contributed by atoms with van der Waals surface area (Å²) < 4.78 is 1.00. The molecule has 3 heterocycles. The van der Waals surface area contributed by atoms with Gasteiger partial charge in [0.05, 0.1) is 0 Å². The van der Waals surface area contributed by atoms with E-state index in [0.29, 0.717) is 28.9 Å². The molecule has 0 aliphatic heterocycles. The normalized spacial score (nSPS) is 9.81. The molecule has 0 spiro atoms. The topological polar surface area (TPSA) is 127 Å². The van der Waals surface area contributed by atoms with Crippen molar-refractivity contribution < 1.29 is 11.0 Å². The predicted molar refractivity (Wildman–Crippen MR) is 107 cm³/mol. The van der Waals surface area contributed by atoms with Gasteiger partial charge in [0.15, 0.2) is 17.5 Å². The van der Waals surface area contributed by atoms with E-state index >= 15 is 0 Å². The van der Waals surface area contributed by atoms with Gasteiger partial charge in [-0.1, -0.05) is 40.2 Å². The smallest absolute Gasteiger partial charge is 0.182 e. The van der Waals surface area contributed by atoms with Crippen molar-refractivity contribution in [1.82, 2.24) is 24.9 Å². The number of pyridine rings is 2. The van der Waals surface area contributed by atoms with Crippen LogP contribution in [0.3, 0.4) is 0 Å². The highest BCUT2D eigenvalue weighted by Gasteiger charge is 2.13. The minimum atomic E-state index is 0. The number of hydrogen-bond donors (Lipinski definition) is 0. The molecule has 0 fully saturated rings. The lowest BCUT2D eigenvalue weighted by Crippen LogP contribution is -2.01. The Labute approximate surface area is 164 Å². The Hall–Kier alpha value is -3.07. The Bertz CT molecular complexity index is 942. The maximum Gasteiger partial charge on any atom is 0.182 e. The van der Waals surface area contributed by atoms with Crippen LogP contribution >= 0.6 is 15.9 Å². The van der Waals surface area contributed by atoms with Gasteiger partial charge in [0.25, 0.3) is 0 Å². The Morgan fingerprint density at radius 1 is 0.556 bits per heavy atom. The van der Waals surface area contributed by atoms with Crippen LogP contribution < -0.4 is 0 Å². The second-order valence-corrected chi connectivity index (χ2v) is 6.16. The molecule has 136 valence electrons.